The Kier molecular flexibility index (Phi) is 9.61. The van der Waals surface area contributed by atoms with E-state index in [0.717, 1.165) is 0 Å². The van der Waals surface area contributed by atoms with Crippen LogP contribution in [-0.2, 0) is 33.4 Å². The summed E-state index contributed by atoms with van der Waals surface area (Å²) in [6.07, 6.45) is -2.09. The molecule has 0 bridgehead atoms. The van der Waals surface area contributed by atoms with E-state index in [0.29, 0.717) is 12.8 Å². The minimum Gasteiger partial charge on any atom is -0.505 e. The van der Waals surface area contributed by atoms with Crippen molar-refractivity contribution < 1.29 is 43.3 Å². The van der Waals surface area contributed by atoms with Crippen molar-refractivity contribution in [3.63, 3.8) is 0 Å². The maximum atomic E-state index is 13.0. The second-order valence-corrected chi connectivity index (χ2v) is 8.42. The van der Waals surface area contributed by atoms with E-state index < -0.39 is 65.8 Å². The summed E-state index contributed by atoms with van der Waals surface area (Å²) in [6, 6.07) is 2.68. The van der Waals surface area contributed by atoms with E-state index in [-0.39, 0.29) is 17.7 Å². The predicted molar refractivity (Wildman–Crippen MR) is 123 cm³/mol. The molecule has 2 amide bonds. The van der Waals surface area contributed by atoms with Crippen molar-refractivity contribution in [2.75, 3.05) is 5.32 Å². The highest BCUT2D eigenvalue weighted by molar-refractivity contribution is 6.01. The molecule has 1 heterocycles. The SMILES string of the molecule is CCC(C)C(=O)OC1C(C)OC(=O)C(NC(=O)c2cccc(NC=O)c2O)C(C)OC(=O)C1CC. The molecule has 11 nitrogen and oxygen atoms in total. The van der Waals surface area contributed by atoms with Crippen LogP contribution in [0.5, 0.6) is 5.75 Å². The first-order valence-electron chi connectivity index (χ1n) is 11.5. The zero-order chi connectivity index (χ0) is 26.3. The highest BCUT2D eigenvalue weighted by Crippen LogP contribution is 2.28. The number of para-hydroxylation sites is 1. The first kappa shape index (κ1) is 27.6. The lowest BCUT2D eigenvalue weighted by Crippen LogP contribution is -2.50. The van der Waals surface area contributed by atoms with Gasteiger partial charge in [0.1, 0.15) is 12.2 Å². The molecular formula is C24H32N2O9. The molecule has 1 saturated heterocycles. The van der Waals surface area contributed by atoms with Crippen molar-refractivity contribution in [1.82, 2.24) is 5.32 Å². The lowest BCUT2D eigenvalue weighted by atomic mass is 9.95. The van der Waals surface area contributed by atoms with Crippen LogP contribution in [0.4, 0.5) is 5.69 Å². The fourth-order valence-corrected chi connectivity index (χ4v) is 3.61. The van der Waals surface area contributed by atoms with Gasteiger partial charge in [0, 0.05) is 0 Å². The molecular weight excluding hydrogens is 460 g/mol. The van der Waals surface area contributed by atoms with Crippen LogP contribution in [-0.4, -0.2) is 59.7 Å². The van der Waals surface area contributed by atoms with E-state index >= 15 is 0 Å². The van der Waals surface area contributed by atoms with Crippen LogP contribution in [0.3, 0.4) is 0 Å². The van der Waals surface area contributed by atoms with Crippen LogP contribution in [0.25, 0.3) is 0 Å². The van der Waals surface area contributed by atoms with Gasteiger partial charge < -0.3 is 30.0 Å². The van der Waals surface area contributed by atoms with Crippen molar-refractivity contribution in [3.05, 3.63) is 23.8 Å². The Hall–Kier alpha value is -3.63. The monoisotopic (exact) mass is 492 g/mol. The van der Waals surface area contributed by atoms with Gasteiger partial charge in [0.05, 0.1) is 23.1 Å². The minimum atomic E-state index is -1.42. The molecule has 11 heteroatoms. The normalized spacial score (nSPS) is 25.6. The van der Waals surface area contributed by atoms with Crippen LogP contribution < -0.4 is 10.6 Å². The summed E-state index contributed by atoms with van der Waals surface area (Å²) in [5.41, 5.74) is -0.225. The lowest BCUT2D eigenvalue weighted by Gasteiger charge is -2.29. The fraction of sp³-hybridized carbons (Fsp3) is 0.542. The molecule has 1 aliphatic rings. The first-order chi connectivity index (χ1) is 16.5. The number of hydrogen-bond acceptors (Lipinski definition) is 9. The standard InChI is InChI=1S/C24H32N2O9/c1-6-12(3)22(30)35-20-14(5)34-24(32)18(13(4)33-23(31)15(20)7-2)26-21(29)16-9-8-10-17(19(16)28)25-11-27/h8-15,18,20,28H,6-7H2,1-5H3,(H,25,27)(H,26,29). The molecule has 35 heavy (non-hydrogen) atoms. The van der Waals surface area contributed by atoms with Crippen molar-refractivity contribution in [2.24, 2.45) is 11.8 Å². The highest BCUT2D eigenvalue weighted by atomic mass is 16.6. The quantitative estimate of drug-likeness (QED) is 0.213. The maximum Gasteiger partial charge on any atom is 0.332 e. The topological polar surface area (TPSA) is 157 Å². The molecule has 192 valence electrons. The summed E-state index contributed by atoms with van der Waals surface area (Å²) in [4.78, 5) is 61.9. The largest absolute Gasteiger partial charge is 0.505 e. The zero-order valence-corrected chi connectivity index (χ0v) is 20.4. The second-order valence-electron chi connectivity index (χ2n) is 8.42. The number of nitrogens with one attached hydrogen (secondary N) is 2. The molecule has 0 radical (unpaired) electrons. The van der Waals surface area contributed by atoms with Gasteiger partial charge in [-0.15, -0.1) is 0 Å². The number of phenolic OH excluding ortho intramolecular Hbond substituents is 1. The van der Waals surface area contributed by atoms with Gasteiger partial charge in [0.25, 0.3) is 5.91 Å². The number of cyclic esters (lactones) is 2. The molecule has 3 N–H and O–H groups in total. The number of carbonyl (C=O) groups excluding carboxylic acids is 5. The molecule has 1 fully saturated rings. The number of phenols is 1. The van der Waals surface area contributed by atoms with Crippen LogP contribution in [0.2, 0.25) is 0 Å². The number of esters is 3. The van der Waals surface area contributed by atoms with E-state index in [2.05, 4.69) is 10.6 Å². The Bertz CT molecular complexity index is 964. The van der Waals surface area contributed by atoms with Crippen molar-refractivity contribution >= 4 is 35.9 Å². The number of ether oxygens (including phenoxy) is 3. The van der Waals surface area contributed by atoms with Gasteiger partial charge in [0.15, 0.2) is 17.9 Å². The number of rotatable bonds is 8. The molecule has 6 unspecified atom stereocenters. The van der Waals surface area contributed by atoms with Crippen molar-refractivity contribution in [1.29, 1.82) is 0 Å². The van der Waals surface area contributed by atoms with Gasteiger partial charge in [-0.2, -0.15) is 0 Å². The third-order valence-electron chi connectivity index (χ3n) is 5.98. The summed E-state index contributed by atoms with van der Waals surface area (Å²) in [7, 11) is 0. The number of anilines is 1. The molecule has 2 rings (SSSR count). The number of aromatic hydroxyl groups is 1. The van der Waals surface area contributed by atoms with Gasteiger partial charge in [-0.05, 0) is 38.8 Å². The Balaban J connectivity index is 2.32. The van der Waals surface area contributed by atoms with Crippen molar-refractivity contribution in [3.8, 4) is 5.75 Å². The summed E-state index contributed by atoms with van der Waals surface area (Å²) >= 11 is 0. The van der Waals surface area contributed by atoms with Gasteiger partial charge >= 0.3 is 17.9 Å². The van der Waals surface area contributed by atoms with E-state index in [1.165, 1.54) is 32.0 Å². The van der Waals surface area contributed by atoms with Gasteiger partial charge in [-0.1, -0.05) is 26.8 Å². The summed E-state index contributed by atoms with van der Waals surface area (Å²) in [6.45, 7) is 8.14. The van der Waals surface area contributed by atoms with Gasteiger partial charge in [0.2, 0.25) is 6.41 Å². The fourth-order valence-electron chi connectivity index (χ4n) is 3.61. The average molecular weight is 493 g/mol. The number of benzene rings is 1. The number of amides is 2. The minimum absolute atomic E-state index is 0.00505. The Morgan fingerprint density at radius 3 is 2.40 bits per heavy atom. The lowest BCUT2D eigenvalue weighted by molar-refractivity contribution is -0.177. The first-order valence-corrected chi connectivity index (χ1v) is 11.5. The van der Waals surface area contributed by atoms with E-state index in [9.17, 15) is 29.1 Å². The number of carbonyl (C=O) groups is 5. The smallest absolute Gasteiger partial charge is 0.332 e. The molecule has 1 aliphatic heterocycles. The Labute approximate surface area is 203 Å². The predicted octanol–water partition coefficient (Wildman–Crippen LogP) is 1.92. The third-order valence-corrected chi connectivity index (χ3v) is 5.98. The van der Waals surface area contributed by atoms with Crippen LogP contribution in [0.1, 0.15) is 57.8 Å². The van der Waals surface area contributed by atoms with E-state index in [4.69, 9.17) is 14.2 Å². The Morgan fingerprint density at radius 1 is 1.14 bits per heavy atom. The Morgan fingerprint density at radius 2 is 1.80 bits per heavy atom. The second kappa shape index (κ2) is 12.2. The maximum absolute atomic E-state index is 13.0. The summed E-state index contributed by atoms with van der Waals surface area (Å²) in [5, 5.41) is 15.0. The summed E-state index contributed by atoms with van der Waals surface area (Å²) < 4.78 is 16.5. The van der Waals surface area contributed by atoms with Crippen LogP contribution in [0.15, 0.2) is 18.2 Å². The summed E-state index contributed by atoms with van der Waals surface area (Å²) in [5.74, 6) is -4.81. The van der Waals surface area contributed by atoms with E-state index in [1.807, 2.05) is 6.92 Å². The average Bonchev–Trinajstić information content (AvgIpc) is 2.84. The van der Waals surface area contributed by atoms with Gasteiger partial charge in [-0.25, -0.2) is 4.79 Å². The molecule has 0 aromatic heterocycles. The van der Waals surface area contributed by atoms with E-state index in [1.54, 1.807) is 13.8 Å². The highest BCUT2D eigenvalue weighted by Gasteiger charge is 2.43. The number of hydrogen-bond donors (Lipinski definition) is 3. The van der Waals surface area contributed by atoms with Crippen LogP contribution >= 0.6 is 0 Å². The van der Waals surface area contributed by atoms with Crippen molar-refractivity contribution in [2.45, 2.75) is 71.8 Å². The molecule has 0 aliphatic carbocycles. The molecule has 6 atom stereocenters. The molecule has 0 spiro atoms. The third kappa shape index (κ3) is 6.49. The van der Waals surface area contributed by atoms with Gasteiger partial charge in [-0.3, -0.25) is 19.2 Å². The van der Waals surface area contributed by atoms with Crippen LogP contribution in [0, 0.1) is 11.8 Å². The molecule has 0 saturated carbocycles. The zero-order valence-electron chi connectivity index (χ0n) is 20.4. The molecule has 1 aromatic rings. The molecule has 1 aromatic carbocycles.